The second-order valence-electron chi connectivity index (χ2n) is 5.37. The molecule has 0 amide bonds. The van der Waals surface area contributed by atoms with Gasteiger partial charge in [0.2, 0.25) is 0 Å². The molecule has 0 bridgehead atoms. The van der Waals surface area contributed by atoms with Crippen molar-refractivity contribution in [2.24, 2.45) is 0 Å². The zero-order valence-corrected chi connectivity index (χ0v) is 16.2. The average molecular weight is 303 g/mol. The molecule has 0 aliphatic heterocycles. The third kappa shape index (κ3) is 22.4. The van der Waals surface area contributed by atoms with Crippen molar-refractivity contribution >= 4 is 35.5 Å². The van der Waals surface area contributed by atoms with Gasteiger partial charge in [-0.25, -0.2) is 0 Å². The number of carboxylic acid groups (broad SMARTS) is 1. The maximum atomic E-state index is 10.3. The van der Waals surface area contributed by atoms with E-state index in [9.17, 15) is 4.79 Å². The predicted molar refractivity (Wildman–Crippen MR) is 92.7 cm³/mol. The van der Waals surface area contributed by atoms with Gasteiger partial charge in [0.1, 0.15) is 0 Å². The van der Waals surface area contributed by atoms with Gasteiger partial charge in [-0.3, -0.25) is 4.79 Å². The molecule has 0 spiro atoms. The van der Waals surface area contributed by atoms with E-state index in [2.05, 4.69) is 31.2 Å². The van der Waals surface area contributed by atoms with Crippen LogP contribution in [-0.2, 0) is 4.79 Å². The van der Waals surface area contributed by atoms with Gasteiger partial charge in [-0.2, -0.15) is 0 Å². The van der Waals surface area contributed by atoms with Gasteiger partial charge in [-0.05, 0) is 38.5 Å². The van der Waals surface area contributed by atoms with Gasteiger partial charge in [0.25, 0.3) is 0 Å². The van der Waals surface area contributed by atoms with Crippen molar-refractivity contribution in [1.29, 1.82) is 0 Å². The van der Waals surface area contributed by atoms with Gasteiger partial charge in [-0.1, -0.05) is 63.3 Å². The Morgan fingerprint density at radius 2 is 1.33 bits per heavy atom. The van der Waals surface area contributed by atoms with Crippen LogP contribution in [0.2, 0.25) is 0 Å². The first kappa shape index (κ1) is 23.2. The summed E-state index contributed by atoms with van der Waals surface area (Å²) in [6, 6.07) is 0. The number of hydrogen-bond acceptors (Lipinski definition) is 1. The van der Waals surface area contributed by atoms with Crippen LogP contribution in [0, 0.1) is 0 Å². The molecular formula is C18H32NaO2. The Balaban J connectivity index is 0. The first-order valence-corrected chi connectivity index (χ1v) is 8.29. The maximum absolute atomic E-state index is 10.3. The second kappa shape index (κ2) is 19.9. The van der Waals surface area contributed by atoms with Crippen LogP contribution in [0.15, 0.2) is 24.3 Å². The van der Waals surface area contributed by atoms with Crippen molar-refractivity contribution in [1.82, 2.24) is 0 Å². The van der Waals surface area contributed by atoms with Gasteiger partial charge in [0.15, 0.2) is 0 Å². The van der Waals surface area contributed by atoms with Crippen LogP contribution < -0.4 is 0 Å². The molecule has 0 heterocycles. The van der Waals surface area contributed by atoms with E-state index in [4.69, 9.17) is 5.11 Å². The maximum Gasteiger partial charge on any atom is 0.303 e. The molecule has 3 heteroatoms. The SMILES string of the molecule is CCCCC/C=C\C/C=C\CCCCCCCC(=O)O.[Na]. The molecule has 0 aromatic heterocycles. The van der Waals surface area contributed by atoms with E-state index in [1.807, 2.05) is 0 Å². The normalized spacial score (nSPS) is 11.1. The largest absolute Gasteiger partial charge is 0.481 e. The zero-order chi connectivity index (χ0) is 14.9. The fraction of sp³-hybridized carbons (Fsp3) is 0.722. The third-order valence-electron chi connectivity index (χ3n) is 3.34. The summed E-state index contributed by atoms with van der Waals surface area (Å²) < 4.78 is 0. The van der Waals surface area contributed by atoms with Crippen LogP contribution in [0.25, 0.3) is 0 Å². The van der Waals surface area contributed by atoms with Crippen molar-refractivity contribution < 1.29 is 9.90 Å². The molecule has 21 heavy (non-hydrogen) atoms. The first-order valence-electron chi connectivity index (χ1n) is 8.29. The third-order valence-corrected chi connectivity index (χ3v) is 3.34. The first-order chi connectivity index (χ1) is 9.77. The van der Waals surface area contributed by atoms with Gasteiger partial charge in [-0.15, -0.1) is 0 Å². The molecule has 0 atom stereocenters. The van der Waals surface area contributed by atoms with E-state index in [-0.39, 0.29) is 29.6 Å². The van der Waals surface area contributed by atoms with Crippen LogP contribution in [0.4, 0.5) is 0 Å². The topological polar surface area (TPSA) is 37.3 Å². The van der Waals surface area contributed by atoms with Crippen molar-refractivity contribution in [3.8, 4) is 0 Å². The molecule has 1 radical (unpaired) electrons. The summed E-state index contributed by atoms with van der Waals surface area (Å²) >= 11 is 0. The Hall–Kier alpha value is -0.0500. The number of carbonyl (C=O) groups is 1. The van der Waals surface area contributed by atoms with Crippen molar-refractivity contribution in [3.63, 3.8) is 0 Å². The fourth-order valence-electron chi connectivity index (χ4n) is 2.09. The smallest absolute Gasteiger partial charge is 0.303 e. The van der Waals surface area contributed by atoms with E-state index in [1.54, 1.807) is 0 Å². The molecule has 0 saturated heterocycles. The number of aliphatic carboxylic acids is 1. The van der Waals surface area contributed by atoms with Gasteiger partial charge < -0.3 is 5.11 Å². The molecule has 2 nitrogen and oxygen atoms in total. The number of hydrogen-bond donors (Lipinski definition) is 1. The minimum Gasteiger partial charge on any atom is -0.481 e. The van der Waals surface area contributed by atoms with Gasteiger partial charge >= 0.3 is 5.97 Å². The van der Waals surface area contributed by atoms with Crippen LogP contribution in [0.3, 0.4) is 0 Å². The van der Waals surface area contributed by atoms with Gasteiger partial charge in [0.05, 0.1) is 0 Å². The Morgan fingerprint density at radius 1 is 0.810 bits per heavy atom. The molecule has 1 N–H and O–H groups in total. The van der Waals surface area contributed by atoms with Crippen LogP contribution in [0.5, 0.6) is 0 Å². The molecule has 0 rings (SSSR count). The summed E-state index contributed by atoms with van der Waals surface area (Å²) in [6.45, 7) is 2.23. The summed E-state index contributed by atoms with van der Waals surface area (Å²) in [5, 5.41) is 8.50. The average Bonchev–Trinajstić information content (AvgIpc) is 2.43. The zero-order valence-electron chi connectivity index (χ0n) is 14.2. The van der Waals surface area contributed by atoms with Crippen molar-refractivity contribution in [2.45, 2.75) is 84.0 Å². The molecule has 0 aliphatic carbocycles. The van der Waals surface area contributed by atoms with Crippen molar-refractivity contribution in [3.05, 3.63) is 24.3 Å². The Morgan fingerprint density at radius 3 is 1.90 bits per heavy atom. The molecular weight excluding hydrogens is 271 g/mol. The van der Waals surface area contributed by atoms with Crippen LogP contribution in [-0.4, -0.2) is 40.6 Å². The monoisotopic (exact) mass is 303 g/mol. The fourth-order valence-corrected chi connectivity index (χ4v) is 2.09. The number of allylic oxidation sites excluding steroid dienone is 4. The minimum absolute atomic E-state index is 0. The molecule has 0 aliphatic rings. The van der Waals surface area contributed by atoms with E-state index < -0.39 is 5.97 Å². The van der Waals surface area contributed by atoms with Crippen molar-refractivity contribution in [2.75, 3.05) is 0 Å². The molecule has 0 unspecified atom stereocenters. The van der Waals surface area contributed by atoms with Gasteiger partial charge in [0, 0.05) is 36.0 Å². The molecule has 0 aromatic carbocycles. The summed E-state index contributed by atoms with van der Waals surface area (Å²) in [7, 11) is 0. The number of unbranched alkanes of at least 4 members (excludes halogenated alkanes) is 8. The standard InChI is InChI=1S/C18H32O2.Na/c1-2-3-4-5-6-7-8-9-10-11-12-13-14-15-16-17-18(19)20;/h6-7,9-10H,2-5,8,11-17H2,1H3,(H,19,20);/b7-6-,10-9-;. The Kier molecular flexibility index (Phi) is 22.1. The summed E-state index contributed by atoms with van der Waals surface area (Å²) in [5.41, 5.74) is 0. The molecule has 117 valence electrons. The Labute approximate surface area is 153 Å². The number of carboxylic acids is 1. The summed E-state index contributed by atoms with van der Waals surface area (Å²) in [6.07, 6.45) is 22.3. The number of rotatable bonds is 14. The molecule has 0 fully saturated rings. The minimum atomic E-state index is -0.671. The predicted octanol–water partition coefficient (Wildman–Crippen LogP) is 5.50. The van der Waals surface area contributed by atoms with E-state index in [0.717, 1.165) is 25.7 Å². The second-order valence-corrected chi connectivity index (χ2v) is 5.37. The van der Waals surface area contributed by atoms with Crippen LogP contribution in [0.1, 0.15) is 84.0 Å². The van der Waals surface area contributed by atoms with E-state index in [0.29, 0.717) is 6.42 Å². The van der Waals surface area contributed by atoms with E-state index in [1.165, 1.54) is 44.9 Å². The summed E-state index contributed by atoms with van der Waals surface area (Å²) in [5.74, 6) is -0.671. The van der Waals surface area contributed by atoms with E-state index >= 15 is 0 Å². The summed E-state index contributed by atoms with van der Waals surface area (Å²) in [4.78, 5) is 10.3. The molecule has 0 aromatic rings. The Bertz CT molecular complexity index is 272. The quantitative estimate of drug-likeness (QED) is 0.261. The molecule has 0 saturated carbocycles. The van der Waals surface area contributed by atoms with Crippen LogP contribution >= 0.6 is 0 Å².